The number of aliphatic hydroxyl groups is 2. The summed E-state index contributed by atoms with van der Waals surface area (Å²) < 4.78 is 36.2. The third-order valence-electron chi connectivity index (χ3n) is 11.8. The third kappa shape index (κ3) is 11.2. The predicted molar refractivity (Wildman–Crippen MR) is 220 cm³/mol. The molecule has 1 aromatic carbocycles. The fourth-order valence-corrected chi connectivity index (χ4v) is 8.75. The van der Waals surface area contributed by atoms with E-state index in [4.69, 9.17) is 28.5 Å². The molecule has 3 aliphatic heterocycles. The summed E-state index contributed by atoms with van der Waals surface area (Å²) in [5.74, 6) is -4.55. The number of Topliss-reactive ketones (excluding diaryl/α,β-unsaturated/α-hetero) is 1. The zero-order valence-corrected chi connectivity index (χ0v) is 36.6. The number of carbonyl (C=O) groups excluding carboxylic acids is 3. The van der Waals surface area contributed by atoms with Crippen LogP contribution in [0.1, 0.15) is 86.6 Å². The van der Waals surface area contributed by atoms with Crippen molar-refractivity contribution in [3.05, 3.63) is 35.2 Å². The second-order valence-corrected chi connectivity index (χ2v) is 17.5. The highest BCUT2D eigenvalue weighted by atomic mass is 32.1. The molecule has 59 heavy (non-hydrogen) atoms. The van der Waals surface area contributed by atoms with Crippen molar-refractivity contribution >= 4 is 40.6 Å². The van der Waals surface area contributed by atoms with E-state index in [0.717, 1.165) is 16.8 Å². The lowest BCUT2D eigenvalue weighted by molar-refractivity contribution is -0.296. The van der Waals surface area contributed by atoms with Gasteiger partial charge in [0.15, 0.2) is 12.1 Å². The largest absolute Gasteiger partial charge is 0.459 e. The fraction of sp³-hybridized carbons (Fsp3) is 0.690. The summed E-state index contributed by atoms with van der Waals surface area (Å²) in [6.45, 7) is 13.0. The van der Waals surface area contributed by atoms with Crippen molar-refractivity contribution in [2.45, 2.75) is 142 Å². The Bertz CT molecular complexity index is 1810. The molecule has 3 saturated heterocycles. The molecule has 17 heteroatoms. The van der Waals surface area contributed by atoms with Gasteiger partial charge in [0.2, 0.25) is 5.91 Å². The molecule has 1 aromatic heterocycles. The Hall–Kier alpha value is -3.55. The molecule has 2 aromatic rings. The molecule has 16 nitrogen and oxygen atoms in total. The van der Waals surface area contributed by atoms with Crippen LogP contribution in [0, 0.1) is 17.8 Å². The Morgan fingerprint density at radius 1 is 1.10 bits per heavy atom. The number of amides is 1. The van der Waals surface area contributed by atoms with Crippen LogP contribution < -0.4 is 0 Å². The van der Waals surface area contributed by atoms with Crippen LogP contribution in [0.4, 0.5) is 0 Å². The van der Waals surface area contributed by atoms with Crippen molar-refractivity contribution in [2.75, 3.05) is 27.3 Å². The Morgan fingerprint density at radius 3 is 2.44 bits per heavy atom. The van der Waals surface area contributed by atoms with E-state index in [1.54, 1.807) is 20.8 Å². The Labute approximate surface area is 350 Å². The molecule has 12 atom stereocenters. The number of oxime groups is 1. The van der Waals surface area contributed by atoms with Gasteiger partial charge in [-0.25, -0.2) is 4.99 Å². The second-order valence-electron chi connectivity index (χ2n) is 16.9. The standard InChI is InChI=1S/C42H61N5O11S/c1-11-34-42(8,52)35-17-31(43-27(6)48)23(2)18-41(7,54-21-30(20-53-35)45-55-19-28-12-14-29(15-13-28)32-22-59-46-44-32)38(25(4)36(49)26(5)39(51)57-34)58-40-37(50)33(47(9)10)16-24(3)56-40/h12-15,22-26,33-35,37-38,40,50,52H,11,16-21H2,1-10H3/b43-31?,45-30-/t23-,24-,25+,26-,33+,34+,35+,37-,38-,40+,41-,42-/m1/s1. The van der Waals surface area contributed by atoms with E-state index in [1.165, 1.54) is 32.3 Å². The molecule has 0 aliphatic carbocycles. The van der Waals surface area contributed by atoms with E-state index < -0.39 is 77.3 Å². The predicted octanol–water partition coefficient (Wildman–Crippen LogP) is 4.39. The van der Waals surface area contributed by atoms with Gasteiger partial charge in [-0.1, -0.05) is 54.7 Å². The summed E-state index contributed by atoms with van der Waals surface area (Å²) in [5, 5.41) is 34.3. The SMILES string of the molecule is CC[C@@H]1OC(=O)[C@H](C)C(=O)[C@H](C)[C@@H](O[C@@H]2O[C@H](C)C[C@H](N(C)C)[C@H]2O)[C@@]2(C)C[C@@H](C)C(=NC(C)=O)C[C@H](OC/C(=N/OCc3ccc(-c4csnn4)cc3)CO2)[C@]1(C)O. The Kier molecular flexibility index (Phi) is 15.7. The average molecular weight is 844 g/mol. The Balaban J connectivity index is 1.60. The first-order chi connectivity index (χ1) is 27.8. The van der Waals surface area contributed by atoms with Gasteiger partial charge in [0.25, 0.3) is 0 Å². The van der Waals surface area contributed by atoms with Crippen LogP contribution in [-0.4, -0.2) is 135 Å². The van der Waals surface area contributed by atoms with Gasteiger partial charge in [-0.15, -0.1) is 5.10 Å². The van der Waals surface area contributed by atoms with Gasteiger partial charge in [0.1, 0.15) is 41.7 Å². The number of benzene rings is 1. The molecule has 0 saturated carbocycles. The van der Waals surface area contributed by atoms with E-state index in [-0.39, 0.29) is 51.2 Å². The Morgan fingerprint density at radius 2 is 1.81 bits per heavy atom. The van der Waals surface area contributed by atoms with Crippen LogP contribution in [0.2, 0.25) is 0 Å². The van der Waals surface area contributed by atoms with Gasteiger partial charge in [0, 0.05) is 42.0 Å². The fourth-order valence-electron chi connectivity index (χ4n) is 8.28. The quantitative estimate of drug-likeness (QED) is 0.215. The first kappa shape index (κ1) is 46.5. The lowest BCUT2D eigenvalue weighted by atomic mass is 9.76. The molecular formula is C42H61N5O11S. The van der Waals surface area contributed by atoms with E-state index in [2.05, 4.69) is 19.7 Å². The zero-order chi connectivity index (χ0) is 43.2. The molecule has 2 N–H and O–H groups in total. The van der Waals surface area contributed by atoms with E-state index >= 15 is 0 Å². The maximum Gasteiger partial charge on any atom is 0.316 e. The van der Waals surface area contributed by atoms with Crippen molar-refractivity contribution in [2.24, 2.45) is 27.9 Å². The summed E-state index contributed by atoms with van der Waals surface area (Å²) in [5.41, 5.74) is 0.0321. The molecule has 3 fully saturated rings. The number of aliphatic hydroxyl groups excluding tert-OH is 1. The minimum atomic E-state index is -1.82. The summed E-state index contributed by atoms with van der Waals surface area (Å²) in [6, 6.07) is 7.32. The van der Waals surface area contributed by atoms with Crippen molar-refractivity contribution in [3.63, 3.8) is 0 Å². The highest BCUT2D eigenvalue weighted by molar-refractivity contribution is 7.03. The lowest BCUT2D eigenvalue weighted by Crippen LogP contribution is -2.59. The summed E-state index contributed by atoms with van der Waals surface area (Å²) >= 11 is 1.27. The van der Waals surface area contributed by atoms with Crippen LogP contribution in [0.5, 0.6) is 0 Å². The van der Waals surface area contributed by atoms with Crippen molar-refractivity contribution < 1.29 is 53.1 Å². The first-order valence-corrected chi connectivity index (χ1v) is 21.2. The van der Waals surface area contributed by atoms with Gasteiger partial charge >= 0.3 is 5.97 Å². The normalized spacial score (nSPS) is 36.8. The van der Waals surface area contributed by atoms with E-state index in [9.17, 15) is 24.6 Å². The minimum absolute atomic E-state index is 0.0189. The maximum absolute atomic E-state index is 14.5. The molecule has 0 unspecified atom stereocenters. The molecule has 0 radical (unpaired) electrons. The number of nitrogens with zero attached hydrogens (tertiary/aromatic N) is 5. The first-order valence-electron chi connectivity index (χ1n) is 20.3. The number of ether oxygens (including phenoxy) is 5. The molecule has 0 spiro atoms. The summed E-state index contributed by atoms with van der Waals surface area (Å²) in [7, 11) is 3.73. The van der Waals surface area contributed by atoms with Crippen LogP contribution in [0.3, 0.4) is 0 Å². The van der Waals surface area contributed by atoms with Crippen molar-refractivity contribution in [1.29, 1.82) is 0 Å². The number of ketones is 1. The molecule has 3 aliphatic rings. The molecule has 1 amide bonds. The number of carbonyl (C=O) groups is 3. The lowest BCUT2D eigenvalue weighted by Gasteiger charge is -2.47. The minimum Gasteiger partial charge on any atom is -0.459 e. The number of cyclic esters (lactones) is 1. The summed E-state index contributed by atoms with van der Waals surface area (Å²) in [4.78, 5) is 53.2. The van der Waals surface area contributed by atoms with Crippen LogP contribution in [-0.2, 0) is 49.5 Å². The van der Waals surface area contributed by atoms with Gasteiger partial charge < -0.3 is 43.6 Å². The number of hydrogen-bond donors (Lipinski definition) is 2. The van der Waals surface area contributed by atoms with E-state index in [1.807, 2.05) is 62.5 Å². The van der Waals surface area contributed by atoms with Crippen LogP contribution in [0.25, 0.3) is 11.3 Å². The van der Waals surface area contributed by atoms with Gasteiger partial charge in [-0.3, -0.25) is 14.4 Å². The topological polar surface area (TPSA) is 201 Å². The van der Waals surface area contributed by atoms with E-state index in [0.29, 0.717) is 17.8 Å². The average Bonchev–Trinajstić information content (AvgIpc) is 3.73. The number of likely N-dealkylation sites (N-methyl/N-ethyl adjacent to an activating group) is 1. The number of esters is 1. The van der Waals surface area contributed by atoms with Crippen molar-refractivity contribution in [1.82, 2.24) is 14.5 Å². The number of aromatic nitrogens is 2. The molecule has 5 rings (SSSR count). The molecule has 326 valence electrons. The number of aliphatic imine (C=N–C) groups is 1. The molecule has 4 heterocycles. The molecular weight excluding hydrogens is 783 g/mol. The number of hydrogen-bond acceptors (Lipinski definition) is 16. The number of rotatable bonds is 8. The summed E-state index contributed by atoms with van der Waals surface area (Å²) in [6.07, 6.45) is -5.03. The van der Waals surface area contributed by atoms with Crippen molar-refractivity contribution in [3.8, 4) is 11.3 Å². The maximum atomic E-state index is 14.5. The highest BCUT2D eigenvalue weighted by Gasteiger charge is 2.51. The van der Waals surface area contributed by atoms with Gasteiger partial charge in [-0.2, -0.15) is 0 Å². The van der Waals surface area contributed by atoms with Gasteiger partial charge in [0.05, 0.1) is 37.1 Å². The number of fused-ring (bicyclic) bond motifs is 5. The van der Waals surface area contributed by atoms with Gasteiger partial charge in [-0.05, 0) is 84.1 Å². The highest BCUT2D eigenvalue weighted by Crippen LogP contribution is 2.39. The zero-order valence-electron chi connectivity index (χ0n) is 35.8. The van der Waals surface area contributed by atoms with Crippen LogP contribution >= 0.6 is 11.5 Å². The third-order valence-corrected chi connectivity index (χ3v) is 12.3. The van der Waals surface area contributed by atoms with Crippen LogP contribution in [0.15, 0.2) is 39.8 Å². The molecule has 2 bridgehead atoms. The monoisotopic (exact) mass is 843 g/mol. The second kappa shape index (κ2) is 19.9. The smallest absolute Gasteiger partial charge is 0.316 e.